The van der Waals surface area contributed by atoms with E-state index in [0.29, 0.717) is 17.6 Å². The van der Waals surface area contributed by atoms with Gasteiger partial charge in [0.2, 0.25) is 0 Å². The van der Waals surface area contributed by atoms with Crippen molar-refractivity contribution >= 4 is 11.5 Å². The Morgan fingerprint density at radius 3 is 2.84 bits per heavy atom. The number of nitrogen functional groups attached to an aromatic ring is 1. The Labute approximate surface area is 110 Å². The maximum Gasteiger partial charge on any atom is 0.182 e. The molecule has 19 heavy (non-hydrogen) atoms. The van der Waals surface area contributed by atoms with Gasteiger partial charge in [0.15, 0.2) is 5.82 Å². The molecule has 94 valence electrons. The number of anilines is 1. The largest absolute Gasteiger partial charge is 0.384 e. The van der Waals surface area contributed by atoms with Gasteiger partial charge in [0.1, 0.15) is 17.2 Å². The normalized spacial score (nSPS) is 14.9. The van der Waals surface area contributed by atoms with E-state index in [1.165, 1.54) is 12.8 Å². The van der Waals surface area contributed by atoms with Crippen molar-refractivity contribution in [3.8, 4) is 11.5 Å². The zero-order chi connectivity index (χ0) is 12.8. The van der Waals surface area contributed by atoms with E-state index in [0.717, 1.165) is 17.0 Å². The Balaban J connectivity index is 1.86. The Kier molecular flexibility index (Phi) is 2.09. The first-order valence-corrected chi connectivity index (χ1v) is 6.38. The monoisotopic (exact) mass is 251 g/mol. The Hall–Kier alpha value is -2.43. The van der Waals surface area contributed by atoms with Gasteiger partial charge < -0.3 is 10.1 Å². The van der Waals surface area contributed by atoms with Gasteiger partial charge in [0.25, 0.3) is 0 Å². The molecule has 0 radical (unpaired) electrons. The molecule has 1 aliphatic rings. The minimum Gasteiger partial charge on any atom is -0.384 e. The second-order valence-electron chi connectivity index (χ2n) is 4.91. The van der Waals surface area contributed by atoms with Crippen molar-refractivity contribution < 1.29 is 0 Å². The molecule has 0 amide bonds. The third-order valence-corrected chi connectivity index (χ3v) is 3.35. The predicted octanol–water partition coefficient (Wildman–Crippen LogP) is 2.25. The lowest BCUT2D eigenvalue weighted by Crippen LogP contribution is -1.99. The minimum absolute atomic E-state index is 0.518. The van der Waals surface area contributed by atoms with Crippen molar-refractivity contribution in [2.45, 2.75) is 18.8 Å². The van der Waals surface area contributed by atoms with Crippen LogP contribution in [0.2, 0.25) is 0 Å². The fourth-order valence-corrected chi connectivity index (χ4v) is 2.23. The highest BCUT2D eigenvalue weighted by molar-refractivity contribution is 5.57. The van der Waals surface area contributed by atoms with Gasteiger partial charge in [-0.25, -0.2) is 15.0 Å². The summed E-state index contributed by atoms with van der Waals surface area (Å²) in [6.45, 7) is 0. The van der Waals surface area contributed by atoms with Crippen molar-refractivity contribution in [2.75, 3.05) is 5.73 Å². The lowest BCUT2D eigenvalue weighted by Gasteiger charge is -2.02. The number of hydrogen-bond acceptors (Lipinski definition) is 4. The summed E-state index contributed by atoms with van der Waals surface area (Å²) in [5, 5.41) is 0. The standard InChI is InChI=1S/C14H13N5/c15-12-7-10(9-4-5-9)17-14(18-12)11-8-19-6-2-1-3-13(19)16-11/h1-3,6-9H,4-5H2,(H2,15,17,18). The van der Waals surface area contributed by atoms with Gasteiger partial charge in [-0.1, -0.05) is 6.07 Å². The van der Waals surface area contributed by atoms with Gasteiger partial charge in [-0.3, -0.25) is 0 Å². The van der Waals surface area contributed by atoms with Crippen LogP contribution in [0.3, 0.4) is 0 Å². The van der Waals surface area contributed by atoms with Crippen LogP contribution in [0.25, 0.3) is 17.2 Å². The molecular formula is C14H13N5. The molecule has 0 spiro atoms. The minimum atomic E-state index is 0.518. The highest BCUT2D eigenvalue weighted by Crippen LogP contribution is 2.39. The molecule has 0 aliphatic heterocycles. The second-order valence-corrected chi connectivity index (χ2v) is 4.91. The molecule has 5 nitrogen and oxygen atoms in total. The van der Waals surface area contributed by atoms with Crippen LogP contribution in [0.1, 0.15) is 24.5 Å². The number of nitrogens with two attached hydrogens (primary N) is 1. The molecule has 0 atom stereocenters. The first kappa shape index (κ1) is 10.5. The van der Waals surface area contributed by atoms with Crippen LogP contribution in [-0.2, 0) is 0 Å². The molecule has 3 aromatic rings. The van der Waals surface area contributed by atoms with Crippen LogP contribution in [-0.4, -0.2) is 19.4 Å². The maximum absolute atomic E-state index is 5.87. The average Bonchev–Trinajstić information content (AvgIpc) is 3.17. The van der Waals surface area contributed by atoms with Crippen LogP contribution < -0.4 is 5.73 Å². The molecule has 0 bridgehead atoms. The fourth-order valence-electron chi connectivity index (χ4n) is 2.23. The van der Waals surface area contributed by atoms with E-state index in [4.69, 9.17) is 5.73 Å². The van der Waals surface area contributed by atoms with Crippen molar-refractivity contribution in [3.63, 3.8) is 0 Å². The quantitative estimate of drug-likeness (QED) is 0.758. The molecule has 1 saturated carbocycles. The number of hydrogen-bond donors (Lipinski definition) is 1. The Bertz CT molecular complexity index is 724. The number of rotatable bonds is 2. The van der Waals surface area contributed by atoms with Crippen LogP contribution >= 0.6 is 0 Å². The number of fused-ring (bicyclic) bond motifs is 1. The fraction of sp³-hybridized carbons (Fsp3) is 0.214. The first-order chi connectivity index (χ1) is 9.29. The molecule has 0 saturated heterocycles. The Morgan fingerprint density at radius 1 is 1.16 bits per heavy atom. The zero-order valence-electron chi connectivity index (χ0n) is 10.3. The van der Waals surface area contributed by atoms with Crippen molar-refractivity contribution in [1.29, 1.82) is 0 Å². The van der Waals surface area contributed by atoms with Crippen LogP contribution in [0.5, 0.6) is 0 Å². The number of nitrogens with zero attached hydrogens (tertiary/aromatic N) is 4. The number of aromatic nitrogens is 4. The lowest BCUT2D eigenvalue weighted by molar-refractivity contribution is 0.994. The molecule has 0 aromatic carbocycles. The van der Waals surface area contributed by atoms with Crippen molar-refractivity contribution in [2.24, 2.45) is 0 Å². The third-order valence-electron chi connectivity index (χ3n) is 3.35. The maximum atomic E-state index is 5.87. The van der Waals surface area contributed by atoms with Crippen LogP contribution in [0, 0.1) is 0 Å². The van der Waals surface area contributed by atoms with E-state index in [-0.39, 0.29) is 0 Å². The topological polar surface area (TPSA) is 69.1 Å². The highest BCUT2D eigenvalue weighted by atomic mass is 15.0. The van der Waals surface area contributed by atoms with Crippen LogP contribution in [0.15, 0.2) is 36.7 Å². The van der Waals surface area contributed by atoms with Crippen molar-refractivity contribution in [1.82, 2.24) is 19.4 Å². The van der Waals surface area contributed by atoms with Gasteiger partial charge in [-0.05, 0) is 25.0 Å². The molecule has 2 N–H and O–H groups in total. The molecular weight excluding hydrogens is 238 g/mol. The van der Waals surface area contributed by atoms with Gasteiger partial charge in [-0.2, -0.15) is 0 Å². The summed E-state index contributed by atoms with van der Waals surface area (Å²) in [7, 11) is 0. The van der Waals surface area contributed by atoms with Crippen molar-refractivity contribution in [3.05, 3.63) is 42.4 Å². The average molecular weight is 251 g/mol. The van der Waals surface area contributed by atoms with E-state index in [1.807, 2.05) is 41.1 Å². The van der Waals surface area contributed by atoms with Crippen LogP contribution in [0.4, 0.5) is 5.82 Å². The summed E-state index contributed by atoms with van der Waals surface area (Å²) in [4.78, 5) is 13.4. The summed E-state index contributed by atoms with van der Waals surface area (Å²) < 4.78 is 1.96. The molecule has 1 aliphatic carbocycles. The first-order valence-electron chi connectivity index (χ1n) is 6.38. The molecule has 1 fully saturated rings. The highest BCUT2D eigenvalue weighted by Gasteiger charge is 2.26. The molecule has 5 heteroatoms. The van der Waals surface area contributed by atoms with E-state index in [1.54, 1.807) is 0 Å². The van der Waals surface area contributed by atoms with Gasteiger partial charge in [0.05, 0.1) is 0 Å². The molecule has 3 aromatic heterocycles. The number of pyridine rings is 1. The van der Waals surface area contributed by atoms with Gasteiger partial charge in [-0.15, -0.1) is 0 Å². The SMILES string of the molecule is Nc1cc(C2CC2)nc(-c2cn3ccccc3n2)n1. The van der Waals surface area contributed by atoms with E-state index in [9.17, 15) is 0 Å². The van der Waals surface area contributed by atoms with Gasteiger partial charge in [0, 0.05) is 30.1 Å². The smallest absolute Gasteiger partial charge is 0.182 e. The summed E-state index contributed by atoms with van der Waals surface area (Å²) >= 11 is 0. The summed E-state index contributed by atoms with van der Waals surface area (Å²) in [6.07, 6.45) is 6.28. The summed E-state index contributed by atoms with van der Waals surface area (Å²) in [5.41, 5.74) is 8.56. The summed E-state index contributed by atoms with van der Waals surface area (Å²) in [5.74, 6) is 1.69. The lowest BCUT2D eigenvalue weighted by atomic mass is 10.2. The molecule has 3 heterocycles. The zero-order valence-corrected chi connectivity index (χ0v) is 10.3. The van der Waals surface area contributed by atoms with E-state index in [2.05, 4.69) is 15.0 Å². The van der Waals surface area contributed by atoms with E-state index >= 15 is 0 Å². The van der Waals surface area contributed by atoms with E-state index < -0.39 is 0 Å². The Morgan fingerprint density at radius 2 is 2.05 bits per heavy atom. The second kappa shape index (κ2) is 3.78. The summed E-state index contributed by atoms with van der Waals surface area (Å²) in [6, 6.07) is 7.75. The number of imidazole rings is 1. The third kappa shape index (κ3) is 1.83. The molecule has 4 rings (SSSR count). The predicted molar refractivity (Wildman–Crippen MR) is 72.6 cm³/mol. The molecule has 0 unspecified atom stereocenters. The van der Waals surface area contributed by atoms with Gasteiger partial charge >= 0.3 is 0 Å².